The minimum absolute atomic E-state index is 0.185. The molecule has 1 amide bonds. The number of nitrogens with one attached hydrogen (secondary N) is 1. The zero-order valence-corrected chi connectivity index (χ0v) is 17.2. The molecule has 0 bridgehead atoms. The third kappa shape index (κ3) is 3.40. The van der Waals surface area contributed by atoms with Crippen molar-refractivity contribution in [1.29, 1.82) is 0 Å². The number of aliphatic hydroxyl groups is 1. The van der Waals surface area contributed by atoms with Crippen molar-refractivity contribution in [3.8, 4) is 16.9 Å². The largest absolute Gasteiger partial charge is 0.394 e. The van der Waals surface area contributed by atoms with Crippen molar-refractivity contribution < 1.29 is 18.7 Å². The van der Waals surface area contributed by atoms with Gasteiger partial charge in [0.05, 0.1) is 17.8 Å². The lowest BCUT2D eigenvalue weighted by Gasteiger charge is -2.23. The van der Waals surface area contributed by atoms with E-state index in [9.17, 15) is 18.7 Å². The summed E-state index contributed by atoms with van der Waals surface area (Å²) in [5, 5.41) is 16.9. The van der Waals surface area contributed by atoms with Crippen molar-refractivity contribution in [1.82, 2.24) is 20.1 Å². The third-order valence-electron chi connectivity index (χ3n) is 6.03. The number of hydrogen-bond donors (Lipinski definition) is 2. The maximum atomic E-state index is 14.1. The zero-order chi connectivity index (χ0) is 21.9. The van der Waals surface area contributed by atoms with Gasteiger partial charge in [0.15, 0.2) is 11.5 Å². The zero-order valence-electron chi connectivity index (χ0n) is 17.2. The number of pyridine rings is 1. The van der Waals surface area contributed by atoms with E-state index in [0.29, 0.717) is 28.9 Å². The molecular formula is C23H22F2N4O2. The Morgan fingerprint density at radius 2 is 2.10 bits per heavy atom. The highest BCUT2D eigenvalue weighted by atomic mass is 19.1. The van der Waals surface area contributed by atoms with Crippen molar-refractivity contribution >= 4 is 5.91 Å². The second kappa shape index (κ2) is 6.95. The number of fused-ring (bicyclic) bond motifs is 3. The summed E-state index contributed by atoms with van der Waals surface area (Å²) in [5.74, 6) is -0.168. The number of halogens is 2. The smallest absolute Gasteiger partial charge is 0.272 e. The molecule has 1 saturated carbocycles. The van der Waals surface area contributed by atoms with Crippen molar-refractivity contribution in [2.24, 2.45) is 5.92 Å². The Morgan fingerprint density at radius 1 is 1.29 bits per heavy atom. The van der Waals surface area contributed by atoms with Gasteiger partial charge in [0, 0.05) is 34.9 Å². The van der Waals surface area contributed by atoms with Crippen LogP contribution in [0.3, 0.4) is 0 Å². The van der Waals surface area contributed by atoms with E-state index < -0.39 is 17.2 Å². The van der Waals surface area contributed by atoms with Gasteiger partial charge in [-0.1, -0.05) is 0 Å². The second-order valence-corrected chi connectivity index (χ2v) is 8.96. The molecule has 1 aromatic carbocycles. The van der Waals surface area contributed by atoms with E-state index in [2.05, 4.69) is 15.4 Å². The number of carbonyl (C=O) groups is 1. The number of carbonyl (C=O) groups excluding carboxylic acids is 1. The van der Waals surface area contributed by atoms with Crippen molar-refractivity contribution in [2.45, 2.75) is 38.1 Å². The first-order valence-corrected chi connectivity index (χ1v) is 10.2. The average molecular weight is 424 g/mol. The highest BCUT2D eigenvalue weighted by molar-refractivity contribution is 5.95. The fourth-order valence-electron chi connectivity index (χ4n) is 4.27. The molecule has 31 heavy (non-hydrogen) atoms. The first-order chi connectivity index (χ1) is 14.8. The molecule has 1 fully saturated rings. The van der Waals surface area contributed by atoms with Crippen LogP contribution in [-0.4, -0.2) is 37.9 Å². The normalized spacial score (nSPS) is 19.1. The Labute approximate surface area is 177 Å². The summed E-state index contributed by atoms with van der Waals surface area (Å²) in [6.45, 7) is 3.30. The van der Waals surface area contributed by atoms with E-state index in [0.717, 1.165) is 30.2 Å². The van der Waals surface area contributed by atoms with E-state index in [1.54, 1.807) is 30.7 Å². The Hall–Kier alpha value is -3.13. The molecule has 5 rings (SSSR count). The van der Waals surface area contributed by atoms with Gasteiger partial charge in [0.1, 0.15) is 11.6 Å². The van der Waals surface area contributed by atoms with E-state index in [1.807, 2.05) is 0 Å². The van der Waals surface area contributed by atoms with Crippen LogP contribution in [0.1, 0.15) is 47.9 Å². The van der Waals surface area contributed by atoms with Gasteiger partial charge in [0.2, 0.25) is 0 Å². The number of aliphatic hydroxyl groups excluding tert-OH is 1. The van der Waals surface area contributed by atoms with E-state index in [-0.39, 0.29) is 18.1 Å². The Balaban J connectivity index is 1.50. The number of nitrogens with zero attached hydrogens (tertiary/aromatic N) is 3. The van der Waals surface area contributed by atoms with Gasteiger partial charge >= 0.3 is 0 Å². The standard InChI is InChI=1S/C23H22F2N4O2/c1-23(2,11-30)27-22(31)20-17-8-13-7-16(13)21(17)29(28-20)19-6-3-12(10-26-19)15-5-4-14(24)9-18(15)25/h3-6,9-10,13,16,30H,7-8,11H2,1-2H3,(H,27,31)/t13-,16-/m0/s1. The maximum Gasteiger partial charge on any atom is 0.272 e. The fourth-order valence-corrected chi connectivity index (χ4v) is 4.27. The lowest BCUT2D eigenvalue weighted by Crippen LogP contribution is -2.46. The predicted octanol–water partition coefficient (Wildman–Crippen LogP) is 3.37. The van der Waals surface area contributed by atoms with Gasteiger partial charge < -0.3 is 10.4 Å². The summed E-state index contributed by atoms with van der Waals surface area (Å²) in [5.41, 5.74) is 2.33. The molecule has 2 heterocycles. The van der Waals surface area contributed by atoms with Crippen molar-refractivity contribution in [3.63, 3.8) is 0 Å². The van der Waals surface area contributed by atoms with Crippen LogP contribution < -0.4 is 5.32 Å². The first-order valence-electron chi connectivity index (χ1n) is 10.2. The van der Waals surface area contributed by atoms with E-state index >= 15 is 0 Å². The predicted molar refractivity (Wildman–Crippen MR) is 110 cm³/mol. The van der Waals surface area contributed by atoms with Crippen LogP contribution in [0.2, 0.25) is 0 Å². The second-order valence-electron chi connectivity index (χ2n) is 8.96. The summed E-state index contributed by atoms with van der Waals surface area (Å²) in [4.78, 5) is 17.3. The minimum atomic E-state index is -0.756. The molecule has 8 heteroatoms. The average Bonchev–Trinajstić information content (AvgIpc) is 3.23. The molecule has 0 spiro atoms. The summed E-state index contributed by atoms with van der Waals surface area (Å²) in [6, 6.07) is 6.86. The molecular weight excluding hydrogens is 402 g/mol. The molecule has 0 saturated heterocycles. The van der Waals surface area contributed by atoms with Crippen LogP contribution >= 0.6 is 0 Å². The molecule has 2 aliphatic rings. The molecule has 6 nitrogen and oxygen atoms in total. The molecule has 0 aliphatic heterocycles. The maximum absolute atomic E-state index is 14.1. The van der Waals surface area contributed by atoms with Crippen LogP contribution in [0.25, 0.3) is 16.9 Å². The highest BCUT2D eigenvalue weighted by Gasteiger charge is 2.50. The van der Waals surface area contributed by atoms with Gasteiger partial charge in [-0.05, 0) is 56.9 Å². The first kappa shape index (κ1) is 19.8. The topological polar surface area (TPSA) is 80.0 Å². The number of amides is 1. The summed E-state index contributed by atoms with van der Waals surface area (Å²) < 4.78 is 29.0. The summed E-state index contributed by atoms with van der Waals surface area (Å²) in [7, 11) is 0. The molecule has 2 aliphatic carbocycles. The van der Waals surface area contributed by atoms with Crippen LogP contribution in [-0.2, 0) is 6.42 Å². The fraction of sp³-hybridized carbons (Fsp3) is 0.348. The lowest BCUT2D eigenvalue weighted by molar-refractivity contribution is 0.0863. The van der Waals surface area contributed by atoms with E-state index in [1.165, 1.54) is 18.3 Å². The summed E-state index contributed by atoms with van der Waals surface area (Å²) in [6.07, 6.45) is 3.40. The number of rotatable bonds is 5. The molecule has 0 unspecified atom stereocenters. The number of hydrogen-bond acceptors (Lipinski definition) is 4. The molecule has 0 radical (unpaired) electrons. The van der Waals surface area contributed by atoms with Crippen LogP contribution in [0.15, 0.2) is 36.5 Å². The molecule has 3 aromatic rings. The Morgan fingerprint density at radius 3 is 2.77 bits per heavy atom. The quantitative estimate of drug-likeness (QED) is 0.658. The molecule has 160 valence electrons. The monoisotopic (exact) mass is 424 g/mol. The lowest BCUT2D eigenvalue weighted by atomic mass is 10.1. The van der Waals surface area contributed by atoms with Crippen molar-refractivity contribution in [2.75, 3.05) is 6.61 Å². The van der Waals surface area contributed by atoms with Crippen LogP contribution in [0.4, 0.5) is 8.78 Å². The van der Waals surface area contributed by atoms with Gasteiger partial charge in [0.25, 0.3) is 5.91 Å². The van der Waals surface area contributed by atoms with Gasteiger partial charge in [-0.25, -0.2) is 18.4 Å². The number of benzene rings is 1. The minimum Gasteiger partial charge on any atom is -0.394 e. The van der Waals surface area contributed by atoms with Crippen LogP contribution in [0.5, 0.6) is 0 Å². The van der Waals surface area contributed by atoms with E-state index in [4.69, 9.17) is 0 Å². The molecule has 2 N–H and O–H groups in total. The van der Waals surface area contributed by atoms with Gasteiger partial charge in [-0.3, -0.25) is 4.79 Å². The Bertz CT molecular complexity index is 1190. The van der Waals surface area contributed by atoms with Crippen LogP contribution in [0, 0.1) is 17.6 Å². The van der Waals surface area contributed by atoms with Gasteiger partial charge in [-0.2, -0.15) is 5.10 Å². The molecule has 2 aromatic heterocycles. The highest BCUT2D eigenvalue weighted by Crippen LogP contribution is 2.57. The third-order valence-corrected chi connectivity index (χ3v) is 6.03. The summed E-state index contributed by atoms with van der Waals surface area (Å²) >= 11 is 0. The Kier molecular flexibility index (Phi) is 4.44. The van der Waals surface area contributed by atoms with Gasteiger partial charge in [-0.15, -0.1) is 0 Å². The molecule has 2 atom stereocenters. The SMILES string of the molecule is CC(C)(CO)NC(=O)c1nn(-c2ccc(-c3ccc(F)cc3F)cn2)c2c1C[C@@H]1C[C@H]21. The number of aromatic nitrogens is 3. The van der Waals surface area contributed by atoms with Crippen molar-refractivity contribution in [3.05, 3.63) is 65.1 Å².